The Balaban J connectivity index is 2.17. The van der Waals surface area contributed by atoms with E-state index < -0.39 is 0 Å². The molecule has 2 heterocycles. The van der Waals surface area contributed by atoms with Crippen LogP contribution in [0.5, 0.6) is 11.5 Å². The molecule has 0 radical (unpaired) electrons. The number of benzene rings is 1. The van der Waals surface area contributed by atoms with Gasteiger partial charge in [0, 0.05) is 16.5 Å². The van der Waals surface area contributed by atoms with Crippen LogP contribution in [0.3, 0.4) is 0 Å². The molecule has 0 aromatic heterocycles. The molecule has 0 bridgehead atoms. The van der Waals surface area contributed by atoms with Crippen molar-refractivity contribution < 1.29 is 14.2 Å². The molecule has 3 rings (SSSR count). The molecule has 1 unspecified atom stereocenters. The smallest absolute Gasteiger partial charge is 0.166 e. The minimum absolute atomic E-state index is 0.144. The molecule has 19 heavy (non-hydrogen) atoms. The number of likely N-dealkylation sites (N-methyl/N-ethyl adjacent to an activating group) is 1. The third kappa shape index (κ3) is 2.47. The summed E-state index contributed by atoms with van der Waals surface area (Å²) in [7, 11) is 1.95. The SMILES string of the molecule is CNC1COCCc2c(Br)cc3c(c21)OCCCO3. The number of nitrogens with one attached hydrogen (secondary N) is 1. The van der Waals surface area contributed by atoms with Crippen LogP contribution < -0.4 is 14.8 Å². The van der Waals surface area contributed by atoms with E-state index in [9.17, 15) is 0 Å². The van der Waals surface area contributed by atoms with E-state index in [1.807, 2.05) is 13.1 Å². The molecule has 1 atom stereocenters. The molecule has 104 valence electrons. The first-order valence-corrected chi connectivity index (χ1v) is 7.46. The van der Waals surface area contributed by atoms with Crippen molar-refractivity contribution in [2.45, 2.75) is 18.9 Å². The fourth-order valence-electron chi connectivity index (χ4n) is 2.65. The van der Waals surface area contributed by atoms with Gasteiger partial charge in [0.15, 0.2) is 11.5 Å². The highest BCUT2D eigenvalue weighted by Gasteiger charge is 2.28. The van der Waals surface area contributed by atoms with Gasteiger partial charge in [-0.1, -0.05) is 15.9 Å². The highest BCUT2D eigenvalue weighted by Crippen LogP contribution is 2.43. The van der Waals surface area contributed by atoms with Gasteiger partial charge in [-0.3, -0.25) is 0 Å². The van der Waals surface area contributed by atoms with Crippen LogP contribution in [0.15, 0.2) is 10.5 Å². The fourth-order valence-corrected chi connectivity index (χ4v) is 3.27. The summed E-state index contributed by atoms with van der Waals surface area (Å²) in [5.74, 6) is 1.73. The summed E-state index contributed by atoms with van der Waals surface area (Å²) >= 11 is 3.66. The molecular formula is C14H18BrNO3. The third-order valence-corrected chi connectivity index (χ3v) is 4.32. The molecule has 0 fully saturated rings. The molecule has 0 amide bonds. The number of rotatable bonds is 1. The van der Waals surface area contributed by atoms with Gasteiger partial charge in [0.2, 0.25) is 0 Å². The lowest BCUT2D eigenvalue weighted by Crippen LogP contribution is -2.22. The summed E-state index contributed by atoms with van der Waals surface area (Å²) in [6.07, 6.45) is 1.81. The van der Waals surface area contributed by atoms with E-state index >= 15 is 0 Å². The third-order valence-electron chi connectivity index (χ3n) is 3.61. The van der Waals surface area contributed by atoms with Crippen molar-refractivity contribution in [2.75, 3.05) is 33.5 Å². The Kier molecular flexibility index (Phi) is 3.96. The van der Waals surface area contributed by atoms with Gasteiger partial charge in [0.25, 0.3) is 0 Å². The van der Waals surface area contributed by atoms with Crippen molar-refractivity contribution in [3.63, 3.8) is 0 Å². The van der Waals surface area contributed by atoms with Crippen molar-refractivity contribution in [1.82, 2.24) is 5.32 Å². The maximum atomic E-state index is 5.95. The van der Waals surface area contributed by atoms with Crippen LogP contribution >= 0.6 is 15.9 Å². The van der Waals surface area contributed by atoms with Crippen LogP contribution in [0.4, 0.5) is 0 Å². The summed E-state index contributed by atoms with van der Waals surface area (Å²) < 4.78 is 18.5. The maximum Gasteiger partial charge on any atom is 0.166 e. The van der Waals surface area contributed by atoms with Gasteiger partial charge < -0.3 is 19.5 Å². The minimum Gasteiger partial charge on any atom is -0.490 e. The van der Waals surface area contributed by atoms with Crippen LogP contribution in [0.25, 0.3) is 0 Å². The van der Waals surface area contributed by atoms with Crippen LogP contribution in [0.1, 0.15) is 23.6 Å². The summed E-state index contributed by atoms with van der Waals surface area (Å²) in [5, 5.41) is 3.32. The molecule has 1 aromatic rings. The molecule has 0 saturated heterocycles. The lowest BCUT2D eigenvalue weighted by atomic mass is 9.97. The molecule has 0 saturated carbocycles. The topological polar surface area (TPSA) is 39.7 Å². The standard InChI is InChI=1S/C14H18BrNO3/c1-16-11-8-17-6-3-9-10(15)7-12-14(13(9)11)19-5-2-4-18-12/h7,11,16H,2-6,8H2,1H3. The Labute approximate surface area is 121 Å². The van der Waals surface area contributed by atoms with E-state index in [4.69, 9.17) is 14.2 Å². The van der Waals surface area contributed by atoms with Gasteiger partial charge in [0.05, 0.1) is 32.5 Å². The summed E-state index contributed by atoms with van der Waals surface area (Å²) in [5.41, 5.74) is 2.45. The molecule has 1 N–H and O–H groups in total. The van der Waals surface area contributed by atoms with Crippen molar-refractivity contribution in [1.29, 1.82) is 0 Å². The Morgan fingerprint density at radius 2 is 2.11 bits per heavy atom. The molecule has 2 aliphatic rings. The largest absolute Gasteiger partial charge is 0.490 e. The van der Waals surface area contributed by atoms with E-state index in [1.54, 1.807) is 0 Å². The van der Waals surface area contributed by atoms with E-state index in [0.717, 1.165) is 35.4 Å². The van der Waals surface area contributed by atoms with Crippen LogP contribution in [-0.2, 0) is 11.2 Å². The average molecular weight is 328 g/mol. The van der Waals surface area contributed by atoms with Crippen molar-refractivity contribution >= 4 is 15.9 Å². The molecule has 0 aliphatic carbocycles. The predicted octanol–water partition coefficient (Wildman–Crippen LogP) is 2.44. The number of ether oxygens (including phenoxy) is 3. The Bertz CT molecular complexity index is 478. The average Bonchev–Trinajstić information content (AvgIpc) is 2.76. The minimum atomic E-state index is 0.144. The zero-order valence-corrected chi connectivity index (χ0v) is 12.6. The summed E-state index contributed by atoms with van der Waals surface area (Å²) in [6, 6.07) is 2.17. The van der Waals surface area contributed by atoms with Crippen LogP contribution in [-0.4, -0.2) is 33.5 Å². The van der Waals surface area contributed by atoms with Gasteiger partial charge >= 0.3 is 0 Å². The van der Waals surface area contributed by atoms with Gasteiger partial charge in [0.1, 0.15) is 0 Å². The fraction of sp³-hybridized carbons (Fsp3) is 0.571. The molecule has 0 spiro atoms. The van der Waals surface area contributed by atoms with E-state index in [1.165, 1.54) is 11.1 Å². The van der Waals surface area contributed by atoms with Crippen LogP contribution in [0.2, 0.25) is 0 Å². The molecule has 1 aromatic carbocycles. The van der Waals surface area contributed by atoms with Crippen molar-refractivity contribution in [3.05, 3.63) is 21.7 Å². The van der Waals surface area contributed by atoms with Gasteiger partial charge in [-0.25, -0.2) is 0 Å². The maximum absolute atomic E-state index is 5.95. The Morgan fingerprint density at radius 3 is 2.95 bits per heavy atom. The van der Waals surface area contributed by atoms with E-state index in [-0.39, 0.29) is 6.04 Å². The first-order valence-electron chi connectivity index (χ1n) is 6.67. The lowest BCUT2D eigenvalue weighted by molar-refractivity contribution is 0.123. The van der Waals surface area contributed by atoms with E-state index in [0.29, 0.717) is 19.8 Å². The Morgan fingerprint density at radius 1 is 1.26 bits per heavy atom. The predicted molar refractivity (Wildman–Crippen MR) is 76.1 cm³/mol. The quantitative estimate of drug-likeness (QED) is 0.860. The zero-order chi connectivity index (χ0) is 13.2. The first kappa shape index (κ1) is 13.2. The zero-order valence-electron chi connectivity index (χ0n) is 11.0. The summed E-state index contributed by atoms with van der Waals surface area (Å²) in [4.78, 5) is 0. The van der Waals surface area contributed by atoms with Gasteiger partial charge in [-0.2, -0.15) is 0 Å². The second kappa shape index (κ2) is 5.69. The number of hydrogen-bond donors (Lipinski definition) is 1. The Hall–Kier alpha value is -0.780. The lowest BCUT2D eigenvalue weighted by Gasteiger charge is -2.22. The van der Waals surface area contributed by atoms with Crippen molar-refractivity contribution in [3.8, 4) is 11.5 Å². The normalized spacial score (nSPS) is 22.3. The van der Waals surface area contributed by atoms with Gasteiger partial charge in [-0.05, 0) is 25.1 Å². The molecular weight excluding hydrogens is 310 g/mol. The monoisotopic (exact) mass is 327 g/mol. The second-order valence-corrected chi connectivity index (χ2v) is 5.65. The molecule has 2 aliphatic heterocycles. The number of fused-ring (bicyclic) bond motifs is 3. The molecule has 4 nitrogen and oxygen atoms in total. The first-order chi connectivity index (χ1) is 9.31. The molecule has 5 heteroatoms. The highest BCUT2D eigenvalue weighted by molar-refractivity contribution is 9.10. The summed E-state index contributed by atoms with van der Waals surface area (Å²) in [6.45, 7) is 2.82. The van der Waals surface area contributed by atoms with Crippen LogP contribution in [0, 0.1) is 0 Å². The number of hydrogen-bond acceptors (Lipinski definition) is 4. The second-order valence-electron chi connectivity index (χ2n) is 4.79. The van der Waals surface area contributed by atoms with Crippen molar-refractivity contribution in [2.24, 2.45) is 0 Å². The van der Waals surface area contributed by atoms with E-state index in [2.05, 4.69) is 21.2 Å². The number of halogens is 1. The van der Waals surface area contributed by atoms with Gasteiger partial charge in [-0.15, -0.1) is 0 Å². The highest BCUT2D eigenvalue weighted by atomic mass is 79.9.